The van der Waals surface area contributed by atoms with Gasteiger partial charge in [-0.1, -0.05) is 25.0 Å². The highest BCUT2D eigenvalue weighted by Gasteiger charge is 2.30. The summed E-state index contributed by atoms with van der Waals surface area (Å²) >= 11 is 0. The van der Waals surface area contributed by atoms with Gasteiger partial charge in [0.15, 0.2) is 0 Å². The van der Waals surface area contributed by atoms with Gasteiger partial charge in [-0.05, 0) is 49.9 Å². The summed E-state index contributed by atoms with van der Waals surface area (Å²) in [6.07, 6.45) is 1.36. The lowest BCUT2D eigenvalue weighted by molar-refractivity contribution is -0.137. The molecule has 2 atom stereocenters. The SMILES string of the molecule is CNC1CCCCC(c2ccc(C(F)(F)F)cc2)C1. The second-order valence-corrected chi connectivity index (χ2v) is 5.32. The van der Waals surface area contributed by atoms with Gasteiger partial charge in [-0.2, -0.15) is 13.2 Å². The molecule has 1 saturated carbocycles. The molecule has 2 rings (SSSR count). The van der Waals surface area contributed by atoms with Crippen molar-refractivity contribution in [3.8, 4) is 0 Å². The van der Waals surface area contributed by atoms with Gasteiger partial charge in [0.05, 0.1) is 5.56 Å². The van der Waals surface area contributed by atoms with Crippen molar-refractivity contribution in [2.24, 2.45) is 0 Å². The first kappa shape index (κ1) is 14.4. The first-order valence-electron chi connectivity index (χ1n) is 6.85. The quantitative estimate of drug-likeness (QED) is 0.789. The third-order valence-electron chi connectivity index (χ3n) is 4.04. The van der Waals surface area contributed by atoms with Gasteiger partial charge in [0, 0.05) is 6.04 Å². The van der Waals surface area contributed by atoms with E-state index in [1.807, 2.05) is 7.05 Å². The molecule has 1 aliphatic carbocycles. The van der Waals surface area contributed by atoms with E-state index in [0.717, 1.165) is 31.2 Å². The van der Waals surface area contributed by atoms with Crippen LogP contribution in [0.1, 0.15) is 49.1 Å². The number of benzene rings is 1. The van der Waals surface area contributed by atoms with Crippen molar-refractivity contribution in [1.29, 1.82) is 0 Å². The highest BCUT2D eigenvalue weighted by Crippen LogP contribution is 2.34. The van der Waals surface area contributed by atoms with Gasteiger partial charge in [-0.25, -0.2) is 0 Å². The smallest absolute Gasteiger partial charge is 0.317 e. The Morgan fingerprint density at radius 2 is 1.68 bits per heavy atom. The number of halogens is 3. The average molecular weight is 271 g/mol. The summed E-state index contributed by atoms with van der Waals surface area (Å²) in [7, 11) is 1.96. The van der Waals surface area contributed by atoms with Gasteiger partial charge in [0.1, 0.15) is 0 Å². The molecule has 0 saturated heterocycles. The molecule has 1 aliphatic rings. The maximum absolute atomic E-state index is 12.5. The fourth-order valence-corrected chi connectivity index (χ4v) is 2.87. The Morgan fingerprint density at radius 3 is 2.26 bits per heavy atom. The minimum atomic E-state index is -4.24. The van der Waals surface area contributed by atoms with Gasteiger partial charge < -0.3 is 5.32 Å². The Hall–Kier alpha value is -1.03. The van der Waals surface area contributed by atoms with E-state index in [0.29, 0.717) is 12.0 Å². The first-order valence-corrected chi connectivity index (χ1v) is 6.85. The van der Waals surface area contributed by atoms with Crippen molar-refractivity contribution in [1.82, 2.24) is 5.32 Å². The monoisotopic (exact) mass is 271 g/mol. The summed E-state index contributed by atoms with van der Waals surface area (Å²) in [6.45, 7) is 0. The zero-order chi connectivity index (χ0) is 13.9. The molecular weight excluding hydrogens is 251 g/mol. The Balaban J connectivity index is 2.12. The molecule has 1 aromatic carbocycles. The van der Waals surface area contributed by atoms with Crippen LogP contribution in [-0.2, 0) is 6.18 Å². The first-order chi connectivity index (χ1) is 9.00. The molecule has 0 aromatic heterocycles. The van der Waals surface area contributed by atoms with E-state index in [1.54, 1.807) is 12.1 Å². The number of hydrogen-bond acceptors (Lipinski definition) is 1. The second kappa shape index (κ2) is 5.95. The lowest BCUT2D eigenvalue weighted by Crippen LogP contribution is -2.25. The van der Waals surface area contributed by atoms with Gasteiger partial charge in [0.25, 0.3) is 0 Å². The number of rotatable bonds is 2. The van der Waals surface area contributed by atoms with Crippen molar-refractivity contribution in [3.63, 3.8) is 0 Å². The van der Waals surface area contributed by atoms with E-state index in [9.17, 15) is 13.2 Å². The maximum Gasteiger partial charge on any atom is 0.416 e. The summed E-state index contributed by atoms with van der Waals surface area (Å²) in [5.74, 6) is 0.377. The normalized spacial score (nSPS) is 25.1. The van der Waals surface area contributed by atoms with Gasteiger partial charge in [-0.15, -0.1) is 0 Å². The van der Waals surface area contributed by atoms with Crippen molar-refractivity contribution in [2.75, 3.05) is 7.05 Å². The van der Waals surface area contributed by atoms with Crippen LogP contribution in [0.5, 0.6) is 0 Å². The summed E-state index contributed by atoms with van der Waals surface area (Å²) < 4.78 is 37.6. The Kier molecular flexibility index (Phi) is 4.50. The van der Waals surface area contributed by atoms with Crippen molar-refractivity contribution < 1.29 is 13.2 Å². The third-order valence-corrected chi connectivity index (χ3v) is 4.04. The number of alkyl halides is 3. The minimum Gasteiger partial charge on any atom is -0.317 e. The molecule has 2 unspecified atom stereocenters. The van der Waals surface area contributed by atoms with Crippen LogP contribution in [-0.4, -0.2) is 13.1 Å². The number of hydrogen-bond donors (Lipinski definition) is 1. The van der Waals surface area contributed by atoms with Crippen molar-refractivity contribution >= 4 is 0 Å². The van der Waals surface area contributed by atoms with Crippen LogP contribution in [0.15, 0.2) is 24.3 Å². The molecule has 1 fully saturated rings. The fraction of sp³-hybridized carbons (Fsp3) is 0.600. The van der Waals surface area contributed by atoms with Gasteiger partial charge in [0.2, 0.25) is 0 Å². The maximum atomic E-state index is 12.5. The Bertz CT molecular complexity index is 397. The summed E-state index contributed by atoms with van der Waals surface area (Å²) in [5.41, 5.74) is 0.477. The highest BCUT2D eigenvalue weighted by atomic mass is 19.4. The van der Waals surface area contributed by atoms with Crippen molar-refractivity contribution in [2.45, 2.75) is 50.2 Å². The molecular formula is C15H20F3N. The van der Waals surface area contributed by atoms with Crippen molar-refractivity contribution in [3.05, 3.63) is 35.4 Å². The molecule has 1 N–H and O–H groups in total. The van der Waals surface area contributed by atoms with E-state index in [-0.39, 0.29) is 0 Å². The third kappa shape index (κ3) is 3.72. The molecule has 106 valence electrons. The van der Waals surface area contributed by atoms with Crippen LogP contribution in [0.4, 0.5) is 13.2 Å². The zero-order valence-electron chi connectivity index (χ0n) is 11.1. The molecule has 1 aromatic rings. The largest absolute Gasteiger partial charge is 0.416 e. The molecule has 0 heterocycles. The molecule has 1 nitrogen and oxygen atoms in total. The molecule has 0 aliphatic heterocycles. The molecule has 0 spiro atoms. The lowest BCUT2D eigenvalue weighted by Gasteiger charge is -2.20. The Morgan fingerprint density at radius 1 is 1.05 bits per heavy atom. The van der Waals surface area contributed by atoms with E-state index in [4.69, 9.17) is 0 Å². The Labute approximate surface area is 112 Å². The average Bonchev–Trinajstić information content (AvgIpc) is 2.63. The minimum absolute atomic E-state index is 0.377. The summed E-state index contributed by atoms with van der Waals surface area (Å²) in [4.78, 5) is 0. The van der Waals surface area contributed by atoms with Crippen LogP contribution in [0.2, 0.25) is 0 Å². The highest BCUT2D eigenvalue weighted by molar-refractivity contribution is 5.27. The lowest BCUT2D eigenvalue weighted by atomic mass is 9.90. The van der Waals surface area contributed by atoms with E-state index in [2.05, 4.69) is 5.32 Å². The van der Waals surface area contributed by atoms with Gasteiger partial charge >= 0.3 is 6.18 Å². The topological polar surface area (TPSA) is 12.0 Å². The predicted molar refractivity (Wildman–Crippen MR) is 70.1 cm³/mol. The molecule has 19 heavy (non-hydrogen) atoms. The zero-order valence-corrected chi connectivity index (χ0v) is 11.1. The molecule has 0 radical (unpaired) electrons. The van der Waals surface area contributed by atoms with Crippen LogP contribution >= 0.6 is 0 Å². The van der Waals surface area contributed by atoms with Crippen LogP contribution in [0.25, 0.3) is 0 Å². The van der Waals surface area contributed by atoms with E-state index >= 15 is 0 Å². The van der Waals surface area contributed by atoms with E-state index in [1.165, 1.54) is 18.6 Å². The number of nitrogens with one attached hydrogen (secondary N) is 1. The predicted octanol–water partition coefficient (Wildman–Crippen LogP) is 4.34. The fourth-order valence-electron chi connectivity index (χ4n) is 2.87. The van der Waals surface area contributed by atoms with Gasteiger partial charge in [-0.3, -0.25) is 0 Å². The van der Waals surface area contributed by atoms with E-state index < -0.39 is 11.7 Å². The summed E-state index contributed by atoms with van der Waals surface area (Å²) in [6, 6.07) is 6.18. The van der Waals surface area contributed by atoms with Crippen LogP contribution in [0, 0.1) is 0 Å². The van der Waals surface area contributed by atoms with Crippen LogP contribution in [0.3, 0.4) is 0 Å². The second-order valence-electron chi connectivity index (χ2n) is 5.32. The summed E-state index contributed by atoms with van der Waals surface area (Å²) in [5, 5.41) is 3.30. The molecule has 0 amide bonds. The van der Waals surface area contributed by atoms with Crippen LogP contribution < -0.4 is 5.32 Å². The standard InChI is InChI=1S/C15H20F3N/c1-19-14-5-3-2-4-12(10-14)11-6-8-13(9-7-11)15(16,17)18/h6-9,12,14,19H,2-5,10H2,1H3. The molecule has 4 heteroatoms. The molecule has 0 bridgehead atoms.